The third kappa shape index (κ3) is 1.72. The van der Waals surface area contributed by atoms with E-state index in [2.05, 4.69) is 26.8 Å². The van der Waals surface area contributed by atoms with Crippen LogP contribution in [-0.4, -0.2) is 58.2 Å². The molecule has 3 heterocycles. The summed E-state index contributed by atoms with van der Waals surface area (Å²) in [4.78, 5) is 24.1. The fraction of sp³-hybridized carbons (Fsp3) is 0.545. The lowest BCUT2D eigenvalue weighted by atomic mass is 10.2. The number of hydrogen-bond donors (Lipinski definition) is 2. The van der Waals surface area contributed by atoms with E-state index >= 15 is 0 Å². The molecule has 1 aromatic rings. The molecule has 0 unspecified atom stereocenters. The molecule has 2 bridgehead atoms. The van der Waals surface area contributed by atoms with Gasteiger partial charge in [0.05, 0.1) is 5.56 Å². The number of rotatable bonds is 2. The molecule has 96 valence electrons. The summed E-state index contributed by atoms with van der Waals surface area (Å²) >= 11 is 0. The van der Waals surface area contributed by atoms with Gasteiger partial charge in [-0.2, -0.15) is 0 Å². The van der Waals surface area contributed by atoms with Crippen molar-refractivity contribution < 1.29 is 10.0 Å². The lowest BCUT2D eigenvalue weighted by molar-refractivity contribution is 0.0705. The second-order valence-electron chi connectivity index (χ2n) is 4.85. The van der Waals surface area contributed by atoms with Crippen LogP contribution in [0.25, 0.3) is 0 Å². The first-order chi connectivity index (χ1) is 8.69. The van der Waals surface area contributed by atoms with Gasteiger partial charge in [0.1, 0.15) is 0 Å². The number of anilines is 1. The van der Waals surface area contributed by atoms with Crippen molar-refractivity contribution in [3.05, 3.63) is 18.0 Å². The van der Waals surface area contributed by atoms with E-state index in [0.29, 0.717) is 18.0 Å². The van der Waals surface area contributed by atoms with Crippen LogP contribution in [0.15, 0.2) is 12.4 Å². The number of hydrogen-bond acceptors (Lipinski definition) is 6. The summed E-state index contributed by atoms with van der Waals surface area (Å²) in [6, 6.07) is 1.05. The van der Waals surface area contributed by atoms with Gasteiger partial charge in [-0.15, -0.1) is 0 Å². The van der Waals surface area contributed by atoms with Crippen molar-refractivity contribution in [2.24, 2.45) is 0 Å². The molecule has 0 aliphatic carbocycles. The fourth-order valence-corrected chi connectivity index (χ4v) is 2.76. The second kappa shape index (κ2) is 4.18. The number of hydroxylamine groups is 1. The fourth-order valence-electron chi connectivity index (χ4n) is 2.76. The smallest absolute Gasteiger partial charge is 0.277 e. The summed E-state index contributed by atoms with van der Waals surface area (Å²) in [5.41, 5.74) is 1.82. The molecule has 2 aliphatic rings. The zero-order valence-corrected chi connectivity index (χ0v) is 10.1. The van der Waals surface area contributed by atoms with Crippen molar-refractivity contribution in [2.75, 3.05) is 25.0 Å². The highest BCUT2D eigenvalue weighted by atomic mass is 16.5. The van der Waals surface area contributed by atoms with Gasteiger partial charge in [0.25, 0.3) is 5.91 Å². The van der Waals surface area contributed by atoms with E-state index in [0.717, 1.165) is 19.5 Å². The molecule has 7 nitrogen and oxygen atoms in total. The van der Waals surface area contributed by atoms with Crippen molar-refractivity contribution in [2.45, 2.75) is 18.5 Å². The van der Waals surface area contributed by atoms with Gasteiger partial charge >= 0.3 is 0 Å². The molecule has 7 heteroatoms. The Bertz CT molecular complexity index is 461. The van der Waals surface area contributed by atoms with Gasteiger partial charge < -0.3 is 4.90 Å². The van der Waals surface area contributed by atoms with Crippen molar-refractivity contribution >= 4 is 11.9 Å². The van der Waals surface area contributed by atoms with E-state index in [9.17, 15) is 4.79 Å². The van der Waals surface area contributed by atoms with Gasteiger partial charge in [-0.05, 0) is 13.5 Å². The third-order valence-electron chi connectivity index (χ3n) is 3.77. The van der Waals surface area contributed by atoms with Crippen LogP contribution in [0.4, 0.5) is 5.95 Å². The van der Waals surface area contributed by atoms with Crippen molar-refractivity contribution in [3.8, 4) is 0 Å². The van der Waals surface area contributed by atoms with E-state index in [4.69, 9.17) is 5.21 Å². The third-order valence-corrected chi connectivity index (χ3v) is 3.77. The minimum absolute atomic E-state index is 0.253. The predicted octanol–water partition coefficient (Wildman–Crippen LogP) is -0.512. The first kappa shape index (κ1) is 11.4. The molecule has 1 aromatic heterocycles. The topological polar surface area (TPSA) is 81.6 Å². The minimum atomic E-state index is -0.593. The molecule has 0 saturated carbocycles. The molecule has 2 N–H and O–H groups in total. The Morgan fingerprint density at radius 2 is 2.11 bits per heavy atom. The van der Waals surface area contributed by atoms with Crippen molar-refractivity contribution in [1.29, 1.82) is 0 Å². The zero-order valence-electron chi connectivity index (χ0n) is 10.1. The highest BCUT2D eigenvalue weighted by molar-refractivity contribution is 5.92. The Morgan fingerprint density at radius 1 is 1.39 bits per heavy atom. The number of carbonyl (C=O) groups excluding carboxylic acids is 1. The second-order valence-corrected chi connectivity index (χ2v) is 4.85. The lowest BCUT2D eigenvalue weighted by Crippen LogP contribution is -2.45. The Balaban J connectivity index is 1.76. The number of fused-ring (bicyclic) bond motifs is 2. The molecule has 0 spiro atoms. The summed E-state index contributed by atoms with van der Waals surface area (Å²) in [7, 11) is 2.14. The monoisotopic (exact) mass is 249 g/mol. The van der Waals surface area contributed by atoms with Gasteiger partial charge in [-0.3, -0.25) is 14.9 Å². The molecule has 3 rings (SSSR count). The SMILES string of the molecule is CN1C[C@H]2C[C@@H]1CN2c1ncc(C(=O)NO)cn1. The highest BCUT2D eigenvalue weighted by Gasteiger charge is 2.42. The number of nitrogens with one attached hydrogen (secondary N) is 1. The number of amides is 1. The highest BCUT2D eigenvalue weighted by Crippen LogP contribution is 2.31. The van der Waals surface area contributed by atoms with Crippen LogP contribution in [0.1, 0.15) is 16.8 Å². The van der Waals surface area contributed by atoms with Gasteiger partial charge in [-0.25, -0.2) is 15.4 Å². The molecule has 2 aliphatic heterocycles. The van der Waals surface area contributed by atoms with Crippen LogP contribution in [0.2, 0.25) is 0 Å². The van der Waals surface area contributed by atoms with Gasteiger partial charge in [0.2, 0.25) is 5.95 Å². The molecule has 1 amide bonds. The minimum Gasteiger partial charge on any atom is -0.335 e. The maximum atomic E-state index is 11.2. The van der Waals surface area contributed by atoms with Crippen molar-refractivity contribution in [3.63, 3.8) is 0 Å². The van der Waals surface area contributed by atoms with Crippen molar-refractivity contribution in [1.82, 2.24) is 20.3 Å². The average molecular weight is 249 g/mol. The summed E-state index contributed by atoms with van der Waals surface area (Å²) < 4.78 is 0. The molecular weight excluding hydrogens is 234 g/mol. The van der Waals surface area contributed by atoms with Crippen LogP contribution in [0.5, 0.6) is 0 Å². The maximum Gasteiger partial charge on any atom is 0.277 e. The first-order valence-corrected chi connectivity index (χ1v) is 5.92. The van der Waals surface area contributed by atoms with E-state index in [1.54, 1.807) is 5.48 Å². The standard InChI is InChI=1S/C11H15N5O2/c1-15-5-9-2-8(15)6-16(9)11-12-3-7(4-13-11)10(17)14-18/h3-4,8-9,18H,2,5-6H2,1H3,(H,14,17)/t8-,9-/m1/s1. The molecule has 2 saturated heterocycles. The number of aromatic nitrogens is 2. The summed E-state index contributed by atoms with van der Waals surface area (Å²) in [6.45, 7) is 1.97. The van der Waals surface area contributed by atoms with Crippen LogP contribution >= 0.6 is 0 Å². The quantitative estimate of drug-likeness (QED) is 0.542. The number of nitrogens with zero attached hydrogens (tertiary/aromatic N) is 4. The number of likely N-dealkylation sites (tertiary alicyclic amines) is 1. The van der Waals surface area contributed by atoms with E-state index in [-0.39, 0.29) is 5.56 Å². The molecule has 2 fully saturated rings. The van der Waals surface area contributed by atoms with Gasteiger partial charge in [0, 0.05) is 37.6 Å². The van der Waals surface area contributed by atoms with Gasteiger partial charge in [-0.1, -0.05) is 0 Å². The number of likely N-dealkylation sites (N-methyl/N-ethyl adjacent to an activating group) is 1. The summed E-state index contributed by atoms with van der Waals surface area (Å²) in [5.74, 6) is 0.0642. The van der Waals surface area contributed by atoms with E-state index in [1.165, 1.54) is 12.4 Å². The normalized spacial score (nSPS) is 26.7. The zero-order chi connectivity index (χ0) is 12.7. The Hall–Kier alpha value is -1.73. The number of carbonyl (C=O) groups is 1. The Morgan fingerprint density at radius 3 is 2.61 bits per heavy atom. The largest absolute Gasteiger partial charge is 0.335 e. The van der Waals surface area contributed by atoms with Crippen LogP contribution in [0.3, 0.4) is 0 Å². The van der Waals surface area contributed by atoms with Crippen LogP contribution < -0.4 is 10.4 Å². The molecule has 0 radical (unpaired) electrons. The maximum absolute atomic E-state index is 11.2. The van der Waals surface area contributed by atoms with E-state index < -0.39 is 5.91 Å². The van der Waals surface area contributed by atoms with Crippen LogP contribution in [0, 0.1) is 0 Å². The van der Waals surface area contributed by atoms with E-state index in [1.807, 2.05) is 0 Å². The lowest BCUT2D eigenvalue weighted by Gasteiger charge is -2.31. The first-order valence-electron chi connectivity index (χ1n) is 5.92. The molecule has 2 atom stereocenters. The Labute approximate surface area is 104 Å². The number of piperazine rings is 1. The van der Waals surface area contributed by atoms with Gasteiger partial charge in [0.15, 0.2) is 0 Å². The molecule has 0 aromatic carbocycles. The predicted molar refractivity (Wildman–Crippen MR) is 63.5 cm³/mol. The summed E-state index contributed by atoms with van der Waals surface area (Å²) in [6.07, 6.45) is 4.02. The Kier molecular flexibility index (Phi) is 2.64. The molecular formula is C11H15N5O2. The van der Waals surface area contributed by atoms with Crippen LogP contribution in [-0.2, 0) is 0 Å². The molecule has 18 heavy (non-hydrogen) atoms. The summed E-state index contributed by atoms with van der Waals surface area (Å²) in [5, 5.41) is 8.51. The average Bonchev–Trinajstić information content (AvgIpc) is 2.97.